The molecule has 164 valence electrons. The first-order chi connectivity index (χ1) is 12.4. The molecule has 0 N–H and O–H groups in total. The Hall–Kier alpha value is -0.503. The highest BCUT2D eigenvalue weighted by molar-refractivity contribution is 6.62. The minimum Gasteiger partial charge on any atom is -0.372 e. The predicted molar refractivity (Wildman–Crippen MR) is 81.5 cm³/mol. The molecule has 27 heavy (non-hydrogen) atoms. The zero-order valence-corrected chi connectivity index (χ0v) is 16.3. The molecule has 0 aromatic carbocycles. The zero-order valence-electron chi connectivity index (χ0n) is 15.3. The Labute approximate surface area is 153 Å². The van der Waals surface area contributed by atoms with Crippen molar-refractivity contribution in [3.63, 3.8) is 0 Å². The van der Waals surface area contributed by atoms with Gasteiger partial charge in [0.15, 0.2) is 0 Å². The van der Waals surface area contributed by atoms with Gasteiger partial charge >= 0.3 is 20.6 Å². The van der Waals surface area contributed by atoms with Crippen molar-refractivity contribution in [1.82, 2.24) is 0 Å². The fourth-order valence-electron chi connectivity index (χ4n) is 2.16. The smallest absolute Gasteiger partial charge is 0.372 e. The van der Waals surface area contributed by atoms with E-state index in [0.29, 0.717) is 0 Å². The van der Waals surface area contributed by atoms with Gasteiger partial charge in [-0.3, -0.25) is 0 Å². The van der Waals surface area contributed by atoms with Gasteiger partial charge in [0.2, 0.25) is 6.17 Å². The van der Waals surface area contributed by atoms with Crippen LogP contribution in [0.15, 0.2) is 0 Å². The number of ether oxygens (including phenoxy) is 1. The van der Waals surface area contributed by atoms with Crippen LogP contribution in [0.5, 0.6) is 0 Å². The van der Waals surface area contributed by atoms with Gasteiger partial charge in [-0.15, -0.1) is 0 Å². The second kappa shape index (κ2) is 10.9. The van der Waals surface area contributed by atoms with Gasteiger partial charge in [-0.1, -0.05) is 6.92 Å². The molecule has 13 heteroatoms. The highest BCUT2D eigenvalue weighted by Gasteiger charge is 2.70. The highest BCUT2D eigenvalue weighted by atomic mass is 28.4. The lowest BCUT2D eigenvalue weighted by atomic mass is 10.1. The number of hydrogen-bond acceptors (Lipinski definition) is 4. The lowest BCUT2D eigenvalue weighted by molar-refractivity contribution is -0.324. The fraction of sp³-hybridized carbons (Fsp3) is 1.00. The third-order valence-electron chi connectivity index (χ3n) is 3.38. The van der Waals surface area contributed by atoms with E-state index in [1.54, 1.807) is 0 Å². The summed E-state index contributed by atoms with van der Waals surface area (Å²) in [6, 6.07) is 0. The lowest BCUT2D eigenvalue weighted by Gasteiger charge is -2.37. The molecular weight excluding hydrogens is 412 g/mol. The molecule has 0 radical (unpaired) electrons. The van der Waals surface area contributed by atoms with Crippen LogP contribution in [0, 0.1) is 0 Å². The molecular formula is C14H24F8O4Si. The van der Waals surface area contributed by atoms with Crippen LogP contribution in [0.1, 0.15) is 34.1 Å². The van der Waals surface area contributed by atoms with Crippen LogP contribution in [0.25, 0.3) is 0 Å². The number of rotatable bonds is 14. The van der Waals surface area contributed by atoms with Gasteiger partial charge in [0.1, 0.15) is 5.73 Å². The van der Waals surface area contributed by atoms with Crippen LogP contribution in [0.3, 0.4) is 0 Å². The average Bonchev–Trinajstić information content (AvgIpc) is 2.58. The van der Waals surface area contributed by atoms with E-state index < -0.39 is 45.3 Å². The maximum atomic E-state index is 14.0. The Morgan fingerprint density at radius 1 is 0.741 bits per heavy atom. The van der Waals surface area contributed by atoms with Crippen LogP contribution < -0.4 is 0 Å². The molecule has 0 rings (SSSR count). The summed E-state index contributed by atoms with van der Waals surface area (Å²) in [6.45, 7) is 5.69. The lowest BCUT2D eigenvalue weighted by Crippen LogP contribution is -2.61. The summed E-state index contributed by atoms with van der Waals surface area (Å²) >= 11 is 0. The molecule has 4 nitrogen and oxygen atoms in total. The summed E-state index contributed by atoms with van der Waals surface area (Å²) in [5.74, 6) is -11.9. The van der Waals surface area contributed by atoms with E-state index in [2.05, 4.69) is 4.74 Å². The van der Waals surface area contributed by atoms with Gasteiger partial charge in [0.25, 0.3) is 12.8 Å². The van der Waals surface area contributed by atoms with Gasteiger partial charge in [0, 0.05) is 19.8 Å². The van der Waals surface area contributed by atoms with E-state index in [-0.39, 0.29) is 26.2 Å². The molecule has 0 aromatic rings. The van der Waals surface area contributed by atoms with Crippen molar-refractivity contribution in [1.29, 1.82) is 0 Å². The molecule has 0 heterocycles. The summed E-state index contributed by atoms with van der Waals surface area (Å²) in [5.41, 5.74) is -1.65. The Balaban J connectivity index is 5.69. The van der Waals surface area contributed by atoms with Gasteiger partial charge in [-0.05, 0) is 27.2 Å². The van der Waals surface area contributed by atoms with Crippen LogP contribution in [-0.2, 0) is 18.0 Å². The highest BCUT2D eigenvalue weighted by Crippen LogP contribution is 2.44. The molecule has 3 unspecified atom stereocenters. The molecule has 0 aromatic heterocycles. The first-order valence-corrected chi connectivity index (χ1v) is 10.1. The number of alkyl halides is 8. The van der Waals surface area contributed by atoms with E-state index >= 15 is 0 Å². The van der Waals surface area contributed by atoms with Crippen molar-refractivity contribution in [3.8, 4) is 0 Å². The van der Waals surface area contributed by atoms with Crippen molar-refractivity contribution in [2.45, 2.75) is 70.6 Å². The third-order valence-corrected chi connectivity index (χ3v) is 6.79. The van der Waals surface area contributed by atoms with Gasteiger partial charge in [-0.25, -0.2) is 17.6 Å². The quantitative estimate of drug-likeness (QED) is 0.296. The van der Waals surface area contributed by atoms with E-state index in [0.717, 1.165) is 0 Å². The summed E-state index contributed by atoms with van der Waals surface area (Å²) in [7, 11) is -3.96. The third kappa shape index (κ3) is 5.99. The fourth-order valence-corrected chi connectivity index (χ4v) is 4.96. The first-order valence-electron chi connectivity index (χ1n) is 8.26. The van der Waals surface area contributed by atoms with Gasteiger partial charge in [0.05, 0.1) is 0 Å². The second-order valence-electron chi connectivity index (χ2n) is 5.23. The minimum atomic E-state index is -6.01. The maximum absolute atomic E-state index is 14.0. The normalized spacial score (nSPS) is 17.2. The minimum absolute atomic E-state index is 0.0481. The van der Waals surface area contributed by atoms with Crippen LogP contribution >= 0.6 is 0 Å². The molecule has 0 bridgehead atoms. The Morgan fingerprint density at radius 2 is 1.15 bits per heavy atom. The standard InChI is InChI=1S/C14H24F8O4Si/c1-5-9(27(23-6-2,24-7-3)25-8-4)26-12(18)14(21,22)13(19,20)10(15)11(16)17/h9-12H,5-8H2,1-4H3. The molecule has 0 aliphatic carbocycles. The summed E-state index contributed by atoms with van der Waals surface area (Å²) in [6.07, 6.45) is -13.4. The molecule has 3 atom stereocenters. The van der Waals surface area contributed by atoms with Gasteiger partial charge < -0.3 is 18.0 Å². The number of halogens is 8. The monoisotopic (exact) mass is 436 g/mol. The predicted octanol–water partition coefficient (Wildman–Crippen LogP) is 4.54. The van der Waals surface area contributed by atoms with E-state index in [9.17, 15) is 35.1 Å². The molecule has 0 spiro atoms. The van der Waals surface area contributed by atoms with Crippen molar-refractivity contribution < 1.29 is 53.1 Å². The van der Waals surface area contributed by atoms with Crippen molar-refractivity contribution in [2.24, 2.45) is 0 Å². The van der Waals surface area contributed by atoms with Crippen molar-refractivity contribution >= 4 is 8.80 Å². The van der Waals surface area contributed by atoms with E-state index in [4.69, 9.17) is 13.3 Å². The SMILES string of the molecule is CCO[Si](OCC)(OCC)C(CC)OC(F)C(F)(F)C(F)(F)C(F)C(F)F. The second-order valence-corrected chi connectivity index (χ2v) is 7.95. The van der Waals surface area contributed by atoms with Gasteiger partial charge in [-0.2, -0.15) is 17.6 Å². The Bertz CT molecular complexity index is 413. The Kier molecular flexibility index (Phi) is 10.7. The molecule has 0 aliphatic heterocycles. The van der Waals surface area contributed by atoms with Crippen LogP contribution in [0.4, 0.5) is 35.1 Å². The summed E-state index contributed by atoms with van der Waals surface area (Å²) in [5, 5.41) is 0. The topological polar surface area (TPSA) is 36.9 Å². The zero-order chi connectivity index (χ0) is 21.5. The van der Waals surface area contributed by atoms with E-state index in [1.807, 2.05) is 0 Å². The van der Waals surface area contributed by atoms with Crippen LogP contribution in [-0.4, -0.2) is 65.2 Å². The average molecular weight is 436 g/mol. The Morgan fingerprint density at radius 3 is 1.44 bits per heavy atom. The largest absolute Gasteiger partial charge is 0.531 e. The molecule has 0 fully saturated rings. The summed E-state index contributed by atoms with van der Waals surface area (Å²) in [4.78, 5) is 0. The maximum Gasteiger partial charge on any atom is 0.531 e. The van der Waals surface area contributed by atoms with Crippen LogP contribution in [0.2, 0.25) is 0 Å². The molecule has 0 aliphatic rings. The summed E-state index contributed by atoms with van der Waals surface area (Å²) < 4.78 is 126. The van der Waals surface area contributed by atoms with E-state index in [1.165, 1.54) is 27.7 Å². The molecule has 0 amide bonds. The molecule has 0 saturated heterocycles. The molecule has 0 saturated carbocycles. The number of hydrogen-bond donors (Lipinski definition) is 0. The van der Waals surface area contributed by atoms with Crippen molar-refractivity contribution in [2.75, 3.05) is 19.8 Å². The van der Waals surface area contributed by atoms with Crippen molar-refractivity contribution in [3.05, 3.63) is 0 Å². The first kappa shape index (κ1) is 26.5.